The lowest BCUT2D eigenvalue weighted by molar-refractivity contribution is 0.0772. The Bertz CT molecular complexity index is 647. The highest BCUT2D eigenvalue weighted by Crippen LogP contribution is 2.19. The Hall–Kier alpha value is -2.15. The smallest absolute Gasteiger partial charge is 0.263 e. The van der Waals surface area contributed by atoms with Crippen LogP contribution >= 0.6 is 11.3 Å². The number of thiophene rings is 1. The Labute approximate surface area is 139 Å². The molecule has 2 aromatic heterocycles. The number of anilines is 1. The third kappa shape index (κ3) is 3.79. The van der Waals surface area contributed by atoms with Crippen molar-refractivity contribution in [3.63, 3.8) is 0 Å². The lowest BCUT2D eigenvalue weighted by Gasteiger charge is -2.22. The maximum atomic E-state index is 12.5. The Kier molecular flexibility index (Phi) is 5.07. The van der Waals surface area contributed by atoms with Gasteiger partial charge in [-0.1, -0.05) is 6.07 Å². The van der Waals surface area contributed by atoms with E-state index in [1.807, 2.05) is 35.4 Å². The van der Waals surface area contributed by atoms with Gasteiger partial charge in [-0.25, -0.2) is 9.97 Å². The van der Waals surface area contributed by atoms with Crippen LogP contribution in [0.5, 0.6) is 5.88 Å². The summed E-state index contributed by atoms with van der Waals surface area (Å²) >= 11 is 1.49. The normalized spacial score (nSPS) is 15.3. The standard InChI is InChI=1S/C16H20N4O2S/c1-2-22-15-11-14(17-12-18-15)19-6-4-7-20(9-8-19)16(21)13-5-3-10-23-13/h3,5,10-12H,2,4,6-9H2,1H3. The van der Waals surface area contributed by atoms with Gasteiger partial charge in [0.2, 0.25) is 5.88 Å². The minimum atomic E-state index is 0.125. The van der Waals surface area contributed by atoms with Gasteiger partial charge >= 0.3 is 0 Å². The Morgan fingerprint density at radius 1 is 1.30 bits per heavy atom. The second-order valence-corrected chi connectivity index (χ2v) is 6.21. The predicted octanol–water partition coefficient (Wildman–Crippen LogP) is 2.29. The number of hydrogen-bond acceptors (Lipinski definition) is 6. The van der Waals surface area contributed by atoms with Gasteiger partial charge in [-0.2, -0.15) is 0 Å². The molecule has 0 aliphatic carbocycles. The molecule has 0 unspecified atom stereocenters. The van der Waals surface area contributed by atoms with Crippen molar-refractivity contribution in [2.24, 2.45) is 0 Å². The van der Waals surface area contributed by atoms with Gasteiger partial charge in [0.15, 0.2) is 0 Å². The maximum absolute atomic E-state index is 12.5. The minimum absolute atomic E-state index is 0.125. The summed E-state index contributed by atoms with van der Waals surface area (Å²) in [5.41, 5.74) is 0. The highest BCUT2D eigenvalue weighted by Gasteiger charge is 2.21. The molecule has 0 atom stereocenters. The summed E-state index contributed by atoms with van der Waals surface area (Å²) in [6.45, 7) is 5.62. The molecule has 3 rings (SSSR count). The molecule has 1 saturated heterocycles. The summed E-state index contributed by atoms with van der Waals surface area (Å²) in [6.07, 6.45) is 2.45. The van der Waals surface area contributed by atoms with Gasteiger partial charge < -0.3 is 14.5 Å². The molecule has 0 spiro atoms. The first kappa shape index (κ1) is 15.7. The van der Waals surface area contributed by atoms with Crippen LogP contribution in [0, 0.1) is 0 Å². The van der Waals surface area contributed by atoms with Gasteiger partial charge in [0, 0.05) is 32.2 Å². The fourth-order valence-electron chi connectivity index (χ4n) is 2.64. The first-order chi connectivity index (χ1) is 11.3. The summed E-state index contributed by atoms with van der Waals surface area (Å²) in [5, 5.41) is 1.94. The van der Waals surface area contributed by atoms with E-state index in [0.29, 0.717) is 19.0 Å². The van der Waals surface area contributed by atoms with Crippen molar-refractivity contribution in [1.82, 2.24) is 14.9 Å². The van der Waals surface area contributed by atoms with Crippen molar-refractivity contribution in [2.75, 3.05) is 37.7 Å². The second-order valence-electron chi connectivity index (χ2n) is 5.26. The van der Waals surface area contributed by atoms with Crippen LogP contribution in [0.25, 0.3) is 0 Å². The van der Waals surface area contributed by atoms with Crippen LogP contribution in [-0.4, -0.2) is 53.6 Å². The minimum Gasteiger partial charge on any atom is -0.478 e. The van der Waals surface area contributed by atoms with Crippen molar-refractivity contribution >= 4 is 23.1 Å². The lowest BCUT2D eigenvalue weighted by atomic mass is 10.3. The highest BCUT2D eigenvalue weighted by atomic mass is 32.1. The summed E-state index contributed by atoms with van der Waals surface area (Å²) in [7, 11) is 0. The van der Waals surface area contributed by atoms with E-state index in [1.54, 1.807) is 0 Å². The fraction of sp³-hybridized carbons (Fsp3) is 0.438. The zero-order chi connectivity index (χ0) is 16.1. The molecule has 0 bridgehead atoms. The molecule has 0 radical (unpaired) electrons. The molecule has 0 aromatic carbocycles. The molecule has 0 saturated carbocycles. The van der Waals surface area contributed by atoms with Gasteiger partial charge in [-0.05, 0) is 24.8 Å². The van der Waals surface area contributed by atoms with Crippen molar-refractivity contribution in [3.8, 4) is 5.88 Å². The van der Waals surface area contributed by atoms with Crippen LogP contribution < -0.4 is 9.64 Å². The van der Waals surface area contributed by atoms with Gasteiger partial charge in [0.1, 0.15) is 12.1 Å². The summed E-state index contributed by atoms with van der Waals surface area (Å²) < 4.78 is 5.44. The highest BCUT2D eigenvalue weighted by molar-refractivity contribution is 7.12. The van der Waals surface area contributed by atoms with E-state index in [2.05, 4.69) is 14.9 Å². The molecule has 1 aliphatic rings. The van der Waals surface area contributed by atoms with Crippen LogP contribution in [-0.2, 0) is 0 Å². The molecule has 3 heterocycles. The SMILES string of the molecule is CCOc1cc(N2CCCN(C(=O)c3cccs3)CC2)ncn1. The average molecular weight is 332 g/mol. The lowest BCUT2D eigenvalue weighted by Crippen LogP contribution is -2.35. The summed E-state index contributed by atoms with van der Waals surface area (Å²) in [4.78, 5) is 25.8. The quantitative estimate of drug-likeness (QED) is 0.860. The number of carbonyl (C=O) groups is 1. The number of nitrogens with zero attached hydrogens (tertiary/aromatic N) is 4. The molecule has 23 heavy (non-hydrogen) atoms. The molecule has 122 valence electrons. The van der Waals surface area contributed by atoms with Crippen molar-refractivity contribution < 1.29 is 9.53 Å². The third-order valence-electron chi connectivity index (χ3n) is 3.76. The van der Waals surface area contributed by atoms with E-state index >= 15 is 0 Å². The van der Waals surface area contributed by atoms with E-state index in [4.69, 9.17) is 4.74 Å². The van der Waals surface area contributed by atoms with E-state index in [9.17, 15) is 4.79 Å². The van der Waals surface area contributed by atoms with Crippen molar-refractivity contribution in [1.29, 1.82) is 0 Å². The van der Waals surface area contributed by atoms with Crippen LogP contribution in [0.3, 0.4) is 0 Å². The Balaban J connectivity index is 1.66. The van der Waals surface area contributed by atoms with Crippen molar-refractivity contribution in [2.45, 2.75) is 13.3 Å². The van der Waals surface area contributed by atoms with Gasteiger partial charge in [-0.15, -0.1) is 11.3 Å². The number of rotatable bonds is 4. The monoisotopic (exact) mass is 332 g/mol. The summed E-state index contributed by atoms with van der Waals surface area (Å²) in [5.74, 6) is 1.57. The topological polar surface area (TPSA) is 58.6 Å². The second kappa shape index (κ2) is 7.41. The average Bonchev–Trinajstić information content (AvgIpc) is 2.99. The zero-order valence-electron chi connectivity index (χ0n) is 13.1. The third-order valence-corrected chi connectivity index (χ3v) is 4.62. The number of hydrogen-bond donors (Lipinski definition) is 0. The van der Waals surface area contributed by atoms with E-state index in [0.717, 1.165) is 36.8 Å². The largest absolute Gasteiger partial charge is 0.478 e. The van der Waals surface area contributed by atoms with Crippen LogP contribution in [0.15, 0.2) is 29.9 Å². The van der Waals surface area contributed by atoms with E-state index in [-0.39, 0.29) is 5.91 Å². The molecule has 6 nitrogen and oxygen atoms in total. The van der Waals surface area contributed by atoms with Crippen LogP contribution in [0.2, 0.25) is 0 Å². The first-order valence-electron chi connectivity index (χ1n) is 7.80. The molecule has 1 amide bonds. The van der Waals surface area contributed by atoms with Gasteiger partial charge in [0.05, 0.1) is 11.5 Å². The number of ether oxygens (including phenoxy) is 1. The number of amides is 1. The van der Waals surface area contributed by atoms with Gasteiger partial charge in [-0.3, -0.25) is 4.79 Å². The molecule has 2 aromatic rings. The Morgan fingerprint density at radius 3 is 3.00 bits per heavy atom. The Morgan fingerprint density at radius 2 is 2.22 bits per heavy atom. The fourth-order valence-corrected chi connectivity index (χ4v) is 3.33. The van der Waals surface area contributed by atoms with Crippen LogP contribution in [0.1, 0.15) is 23.0 Å². The number of carbonyl (C=O) groups excluding carboxylic acids is 1. The van der Waals surface area contributed by atoms with E-state index in [1.165, 1.54) is 17.7 Å². The molecule has 0 N–H and O–H groups in total. The van der Waals surface area contributed by atoms with Crippen molar-refractivity contribution in [3.05, 3.63) is 34.8 Å². The predicted molar refractivity (Wildman–Crippen MR) is 90.3 cm³/mol. The number of aromatic nitrogens is 2. The van der Waals surface area contributed by atoms with Crippen LogP contribution in [0.4, 0.5) is 5.82 Å². The molecular formula is C16H20N4O2S. The maximum Gasteiger partial charge on any atom is 0.263 e. The zero-order valence-corrected chi connectivity index (χ0v) is 14.0. The first-order valence-corrected chi connectivity index (χ1v) is 8.68. The molecule has 1 fully saturated rings. The molecular weight excluding hydrogens is 312 g/mol. The molecule has 7 heteroatoms. The van der Waals surface area contributed by atoms with E-state index < -0.39 is 0 Å². The summed E-state index contributed by atoms with van der Waals surface area (Å²) in [6, 6.07) is 5.66. The van der Waals surface area contributed by atoms with Gasteiger partial charge in [0.25, 0.3) is 5.91 Å². The molecule has 1 aliphatic heterocycles.